The molecule has 0 radical (unpaired) electrons. The Morgan fingerprint density at radius 3 is 2.28 bits per heavy atom. The lowest BCUT2D eigenvalue weighted by molar-refractivity contribution is -0.386. The molecule has 0 bridgehead atoms. The summed E-state index contributed by atoms with van der Waals surface area (Å²) in [6, 6.07) is 3.17. The number of ether oxygens (including phenoxy) is 1. The number of nitro groups is 1. The summed E-state index contributed by atoms with van der Waals surface area (Å²) in [6.07, 6.45) is 0. The van der Waals surface area contributed by atoms with Crippen LogP contribution in [0.5, 0.6) is 11.5 Å². The standard InChI is InChI=1S/C16H25N3O4.2ClH/c1-16(2,3)15(18-7-5-17-6-8-18)11-9-12(19(21)22)14(20)13(10-11)23-4;;/h9-10,15,17,20H,5-8H2,1-4H3;2*1H/t15-;;/m0../s1. The van der Waals surface area contributed by atoms with Gasteiger partial charge < -0.3 is 15.2 Å². The molecular formula is C16H27Cl2N3O4. The van der Waals surface area contributed by atoms with Crippen molar-refractivity contribution >= 4 is 30.5 Å². The number of aromatic hydroxyl groups is 1. The number of nitrogens with one attached hydrogen (secondary N) is 1. The van der Waals surface area contributed by atoms with Crippen molar-refractivity contribution in [3.63, 3.8) is 0 Å². The normalized spacial score (nSPS) is 16.3. The summed E-state index contributed by atoms with van der Waals surface area (Å²) in [5, 5.41) is 24.6. The first-order valence-electron chi connectivity index (χ1n) is 7.75. The Labute approximate surface area is 160 Å². The molecule has 1 aliphatic rings. The Morgan fingerprint density at radius 2 is 1.84 bits per heavy atom. The number of nitro benzene ring substituents is 1. The summed E-state index contributed by atoms with van der Waals surface area (Å²) in [5.74, 6) is -0.284. The van der Waals surface area contributed by atoms with Crippen LogP contribution < -0.4 is 10.1 Å². The number of rotatable bonds is 4. The van der Waals surface area contributed by atoms with Gasteiger partial charge in [0.05, 0.1) is 12.0 Å². The van der Waals surface area contributed by atoms with Gasteiger partial charge in [0, 0.05) is 38.3 Å². The van der Waals surface area contributed by atoms with E-state index in [0.717, 1.165) is 31.7 Å². The van der Waals surface area contributed by atoms with Crippen LogP contribution in [0.15, 0.2) is 12.1 Å². The van der Waals surface area contributed by atoms with Crippen LogP contribution in [-0.4, -0.2) is 48.2 Å². The summed E-state index contributed by atoms with van der Waals surface area (Å²) < 4.78 is 5.14. The molecule has 2 rings (SSSR count). The largest absolute Gasteiger partial charge is 0.500 e. The number of phenols is 1. The van der Waals surface area contributed by atoms with Crippen molar-refractivity contribution in [3.05, 3.63) is 27.8 Å². The summed E-state index contributed by atoms with van der Waals surface area (Å²) >= 11 is 0. The second kappa shape index (κ2) is 9.43. The Balaban J connectivity index is 0.00000288. The molecule has 9 heteroatoms. The van der Waals surface area contributed by atoms with Gasteiger partial charge in [-0.15, -0.1) is 24.8 Å². The number of phenolic OH excluding ortho intramolecular Hbond substituents is 1. The van der Waals surface area contributed by atoms with E-state index in [4.69, 9.17) is 4.74 Å². The first-order valence-corrected chi connectivity index (χ1v) is 7.75. The molecule has 1 aromatic carbocycles. The molecule has 1 aromatic rings. The Kier molecular flexibility index (Phi) is 8.94. The minimum absolute atomic E-state index is 0. The molecule has 1 fully saturated rings. The summed E-state index contributed by atoms with van der Waals surface area (Å²) in [7, 11) is 1.40. The van der Waals surface area contributed by atoms with E-state index in [1.165, 1.54) is 13.2 Å². The van der Waals surface area contributed by atoms with E-state index < -0.39 is 10.7 Å². The van der Waals surface area contributed by atoms with Gasteiger partial charge in [-0.3, -0.25) is 15.0 Å². The molecule has 1 atom stereocenters. The lowest BCUT2D eigenvalue weighted by Crippen LogP contribution is -2.48. The number of benzene rings is 1. The second-order valence-corrected chi connectivity index (χ2v) is 6.90. The fraction of sp³-hybridized carbons (Fsp3) is 0.625. The maximum atomic E-state index is 11.3. The first-order chi connectivity index (χ1) is 10.8. The fourth-order valence-electron chi connectivity index (χ4n) is 3.27. The van der Waals surface area contributed by atoms with Gasteiger partial charge >= 0.3 is 5.69 Å². The molecule has 144 valence electrons. The van der Waals surface area contributed by atoms with Crippen molar-refractivity contribution in [3.8, 4) is 11.5 Å². The molecule has 0 saturated carbocycles. The average molecular weight is 396 g/mol. The highest BCUT2D eigenvalue weighted by atomic mass is 35.5. The second-order valence-electron chi connectivity index (χ2n) is 6.90. The number of nitrogens with zero attached hydrogens (tertiary/aromatic N) is 2. The predicted octanol–water partition coefficient (Wildman–Crippen LogP) is 3.15. The minimum Gasteiger partial charge on any atom is -0.500 e. The highest BCUT2D eigenvalue weighted by Gasteiger charge is 2.35. The van der Waals surface area contributed by atoms with E-state index in [-0.39, 0.29) is 47.7 Å². The zero-order valence-corrected chi connectivity index (χ0v) is 16.6. The Hall–Kier alpha value is -1.28. The fourth-order valence-corrected chi connectivity index (χ4v) is 3.27. The third kappa shape index (κ3) is 5.34. The molecule has 2 N–H and O–H groups in total. The Bertz CT molecular complexity index is 587. The highest BCUT2D eigenvalue weighted by molar-refractivity contribution is 5.85. The maximum absolute atomic E-state index is 11.3. The van der Waals surface area contributed by atoms with Gasteiger partial charge in [-0.25, -0.2) is 0 Å². The van der Waals surface area contributed by atoms with Crippen LogP contribution in [0.1, 0.15) is 32.4 Å². The Morgan fingerprint density at radius 1 is 1.28 bits per heavy atom. The van der Waals surface area contributed by atoms with Gasteiger partial charge in [0.25, 0.3) is 0 Å². The van der Waals surface area contributed by atoms with E-state index in [1.54, 1.807) is 6.07 Å². The van der Waals surface area contributed by atoms with E-state index in [2.05, 4.69) is 31.0 Å². The maximum Gasteiger partial charge on any atom is 0.314 e. The van der Waals surface area contributed by atoms with E-state index in [1.807, 2.05) is 0 Å². The molecule has 0 spiro atoms. The molecule has 1 aliphatic heterocycles. The number of piperazine rings is 1. The van der Waals surface area contributed by atoms with Crippen LogP contribution in [0.4, 0.5) is 5.69 Å². The van der Waals surface area contributed by atoms with Gasteiger partial charge in [-0.05, 0) is 17.0 Å². The SMILES string of the molecule is COc1cc([C@H](N2CCNCC2)C(C)(C)C)cc([N+](=O)[O-])c1O.Cl.Cl. The van der Waals surface area contributed by atoms with Crippen LogP contribution in [0.25, 0.3) is 0 Å². The smallest absolute Gasteiger partial charge is 0.314 e. The van der Waals surface area contributed by atoms with Gasteiger partial charge in [0.15, 0.2) is 5.75 Å². The average Bonchev–Trinajstić information content (AvgIpc) is 2.48. The third-order valence-corrected chi connectivity index (χ3v) is 4.15. The zero-order valence-electron chi connectivity index (χ0n) is 14.9. The van der Waals surface area contributed by atoms with Gasteiger partial charge in [0.2, 0.25) is 5.75 Å². The number of methoxy groups -OCH3 is 1. The van der Waals surface area contributed by atoms with Crippen molar-refractivity contribution in [1.29, 1.82) is 0 Å². The number of hydrogen-bond donors (Lipinski definition) is 2. The topological polar surface area (TPSA) is 87.9 Å². The van der Waals surface area contributed by atoms with Crippen LogP contribution in [0.2, 0.25) is 0 Å². The summed E-state index contributed by atoms with van der Waals surface area (Å²) in [6.45, 7) is 9.88. The van der Waals surface area contributed by atoms with E-state index in [0.29, 0.717) is 0 Å². The molecule has 0 aliphatic carbocycles. The van der Waals surface area contributed by atoms with Crippen molar-refractivity contribution in [1.82, 2.24) is 10.2 Å². The lowest BCUT2D eigenvalue weighted by Gasteiger charge is -2.42. The van der Waals surface area contributed by atoms with Crippen molar-refractivity contribution in [2.45, 2.75) is 26.8 Å². The zero-order chi connectivity index (χ0) is 17.2. The van der Waals surface area contributed by atoms with Gasteiger partial charge in [-0.2, -0.15) is 0 Å². The van der Waals surface area contributed by atoms with Crippen LogP contribution in [-0.2, 0) is 0 Å². The molecule has 0 aromatic heterocycles. The first kappa shape index (κ1) is 23.7. The molecule has 1 heterocycles. The highest BCUT2D eigenvalue weighted by Crippen LogP contribution is 2.44. The lowest BCUT2D eigenvalue weighted by atomic mass is 9.80. The van der Waals surface area contributed by atoms with E-state index >= 15 is 0 Å². The van der Waals surface area contributed by atoms with E-state index in [9.17, 15) is 15.2 Å². The number of halogens is 2. The van der Waals surface area contributed by atoms with Crippen molar-refractivity contribution in [2.24, 2.45) is 5.41 Å². The molecule has 25 heavy (non-hydrogen) atoms. The molecule has 0 amide bonds. The van der Waals surface area contributed by atoms with Crippen LogP contribution >= 0.6 is 24.8 Å². The minimum atomic E-state index is -0.571. The van der Waals surface area contributed by atoms with Gasteiger partial charge in [-0.1, -0.05) is 20.8 Å². The quantitative estimate of drug-likeness (QED) is 0.601. The van der Waals surface area contributed by atoms with Crippen LogP contribution in [0.3, 0.4) is 0 Å². The molecule has 7 nitrogen and oxygen atoms in total. The van der Waals surface area contributed by atoms with Crippen LogP contribution in [0, 0.1) is 15.5 Å². The third-order valence-electron chi connectivity index (χ3n) is 4.15. The molecular weight excluding hydrogens is 369 g/mol. The monoisotopic (exact) mass is 395 g/mol. The molecule has 0 unspecified atom stereocenters. The molecule has 1 saturated heterocycles. The van der Waals surface area contributed by atoms with Crippen molar-refractivity contribution < 1.29 is 14.8 Å². The van der Waals surface area contributed by atoms with Crippen molar-refractivity contribution in [2.75, 3.05) is 33.3 Å². The predicted molar refractivity (Wildman–Crippen MR) is 102 cm³/mol. The number of hydrogen-bond acceptors (Lipinski definition) is 6. The van der Waals surface area contributed by atoms with Gasteiger partial charge in [0.1, 0.15) is 0 Å². The summed E-state index contributed by atoms with van der Waals surface area (Å²) in [4.78, 5) is 13.0. The summed E-state index contributed by atoms with van der Waals surface area (Å²) in [5.41, 5.74) is 0.359.